The van der Waals surface area contributed by atoms with Crippen LogP contribution in [0.25, 0.3) is 0 Å². The summed E-state index contributed by atoms with van der Waals surface area (Å²) in [5.41, 5.74) is 3.56. The maximum absolute atomic E-state index is 6.38. The van der Waals surface area contributed by atoms with Crippen molar-refractivity contribution in [1.29, 1.82) is 0 Å². The van der Waals surface area contributed by atoms with Crippen molar-refractivity contribution < 1.29 is 14.2 Å². The average Bonchev–Trinajstić information content (AvgIpc) is 3.20. The van der Waals surface area contributed by atoms with Gasteiger partial charge < -0.3 is 14.2 Å². The van der Waals surface area contributed by atoms with Crippen LogP contribution in [0.3, 0.4) is 0 Å². The van der Waals surface area contributed by atoms with Gasteiger partial charge in [0.2, 0.25) is 0 Å². The summed E-state index contributed by atoms with van der Waals surface area (Å²) in [6.07, 6.45) is 0.0685. The lowest BCUT2D eigenvalue weighted by molar-refractivity contribution is -0.0768. The highest BCUT2D eigenvalue weighted by Gasteiger charge is 2.38. The zero-order chi connectivity index (χ0) is 20.4. The number of benzene rings is 3. The van der Waals surface area contributed by atoms with Crippen LogP contribution < -0.4 is 0 Å². The van der Waals surface area contributed by atoms with E-state index in [2.05, 4.69) is 36.4 Å². The molecular weight excluding hydrogens is 392 g/mol. The zero-order valence-corrected chi connectivity index (χ0v) is 17.9. The Labute approximate surface area is 183 Å². The van der Waals surface area contributed by atoms with Crippen molar-refractivity contribution in [2.24, 2.45) is 0 Å². The SMILES string of the molecule is c1ccc(COC[C@H]2SC[C@H](OCc3ccccc3)[C@@H]2OCc2ccccc2)cc1. The monoisotopic (exact) mass is 420 g/mol. The first-order valence-electron chi connectivity index (χ1n) is 10.4. The van der Waals surface area contributed by atoms with Crippen molar-refractivity contribution in [3.8, 4) is 0 Å². The fraction of sp³-hybridized carbons (Fsp3) is 0.308. The van der Waals surface area contributed by atoms with Crippen LogP contribution in [-0.2, 0) is 34.0 Å². The summed E-state index contributed by atoms with van der Waals surface area (Å²) in [6.45, 7) is 2.48. The summed E-state index contributed by atoms with van der Waals surface area (Å²) in [5.74, 6) is 0.922. The lowest BCUT2D eigenvalue weighted by Gasteiger charge is -2.25. The number of ether oxygens (including phenoxy) is 3. The molecule has 3 nitrogen and oxygen atoms in total. The molecule has 0 radical (unpaired) electrons. The van der Waals surface area contributed by atoms with Gasteiger partial charge in [-0.1, -0.05) is 91.0 Å². The van der Waals surface area contributed by atoms with Crippen molar-refractivity contribution in [3.05, 3.63) is 108 Å². The highest BCUT2D eigenvalue weighted by molar-refractivity contribution is 8.00. The Balaban J connectivity index is 1.35. The van der Waals surface area contributed by atoms with E-state index in [0.717, 1.165) is 5.75 Å². The summed E-state index contributed by atoms with van der Waals surface area (Å²) in [4.78, 5) is 0. The minimum atomic E-state index is 0.00897. The second-order valence-electron chi connectivity index (χ2n) is 7.47. The van der Waals surface area contributed by atoms with Gasteiger partial charge in [0, 0.05) is 5.75 Å². The number of hydrogen-bond acceptors (Lipinski definition) is 4. The van der Waals surface area contributed by atoms with Crippen LogP contribution >= 0.6 is 11.8 Å². The summed E-state index contributed by atoms with van der Waals surface area (Å²) in [7, 11) is 0. The molecule has 1 aliphatic heterocycles. The van der Waals surface area contributed by atoms with Gasteiger partial charge in [-0.05, 0) is 16.7 Å². The topological polar surface area (TPSA) is 27.7 Å². The molecule has 0 spiro atoms. The van der Waals surface area contributed by atoms with Gasteiger partial charge in [-0.15, -0.1) is 0 Å². The van der Waals surface area contributed by atoms with Crippen LogP contribution in [0, 0.1) is 0 Å². The van der Waals surface area contributed by atoms with E-state index in [4.69, 9.17) is 14.2 Å². The van der Waals surface area contributed by atoms with E-state index in [1.54, 1.807) is 0 Å². The fourth-order valence-corrected chi connectivity index (χ4v) is 4.92. The normalized spacial score (nSPS) is 21.0. The van der Waals surface area contributed by atoms with Crippen LogP contribution in [0.1, 0.15) is 16.7 Å². The van der Waals surface area contributed by atoms with Gasteiger partial charge in [0.1, 0.15) is 0 Å². The molecule has 3 aromatic rings. The van der Waals surface area contributed by atoms with E-state index in [0.29, 0.717) is 26.4 Å². The quantitative estimate of drug-likeness (QED) is 0.433. The molecule has 0 amide bonds. The Morgan fingerprint density at radius 1 is 0.633 bits per heavy atom. The molecule has 4 heteroatoms. The molecule has 30 heavy (non-hydrogen) atoms. The van der Waals surface area contributed by atoms with Crippen LogP contribution in [0.2, 0.25) is 0 Å². The maximum atomic E-state index is 6.38. The van der Waals surface area contributed by atoms with Gasteiger partial charge in [0.15, 0.2) is 0 Å². The van der Waals surface area contributed by atoms with Gasteiger partial charge in [-0.2, -0.15) is 11.8 Å². The van der Waals surface area contributed by atoms with Crippen molar-refractivity contribution in [3.63, 3.8) is 0 Å². The average molecular weight is 421 g/mol. The molecule has 0 unspecified atom stereocenters. The van der Waals surface area contributed by atoms with E-state index in [1.165, 1.54) is 16.7 Å². The predicted octanol–water partition coefficient (Wildman–Crippen LogP) is 5.49. The third-order valence-electron chi connectivity index (χ3n) is 5.19. The second kappa shape index (κ2) is 11.3. The summed E-state index contributed by atoms with van der Waals surface area (Å²) >= 11 is 1.89. The molecule has 0 N–H and O–H groups in total. The van der Waals surface area contributed by atoms with Gasteiger partial charge in [-0.25, -0.2) is 0 Å². The number of hydrogen-bond donors (Lipinski definition) is 0. The van der Waals surface area contributed by atoms with E-state index >= 15 is 0 Å². The van der Waals surface area contributed by atoms with E-state index in [-0.39, 0.29) is 17.5 Å². The molecule has 0 bridgehead atoms. The van der Waals surface area contributed by atoms with Gasteiger partial charge in [0.25, 0.3) is 0 Å². The van der Waals surface area contributed by atoms with Gasteiger partial charge >= 0.3 is 0 Å². The predicted molar refractivity (Wildman–Crippen MR) is 122 cm³/mol. The van der Waals surface area contributed by atoms with Crippen molar-refractivity contribution in [2.75, 3.05) is 12.4 Å². The summed E-state index contributed by atoms with van der Waals surface area (Å²) < 4.78 is 18.7. The zero-order valence-electron chi connectivity index (χ0n) is 17.1. The Bertz CT molecular complexity index is 857. The lowest BCUT2D eigenvalue weighted by atomic mass is 10.1. The third-order valence-corrected chi connectivity index (χ3v) is 6.55. The smallest absolute Gasteiger partial charge is 0.0990 e. The largest absolute Gasteiger partial charge is 0.376 e. The molecule has 1 aliphatic rings. The molecule has 0 aliphatic carbocycles. The standard InChI is InChI=1S/C26H28O3S/c1-4-10-21(11-5-1)16-27-19-25-26(29-18-23-14-8-3-9-15-23)24(20-30-25)28-17-22-12-6-2-7-13-22/h1-15,24-26H,16-20H2/t24-,25+,26-/m0/s1. The van der Waals surface area contributed by atoms with Crippen molar-refractivity contribution in [2.45, 2.75) is 37.3 Å². The van der Waals surface area contributed by atoms with Crippen LogP contribution in [-0.4, -0.2) is 29.8 Å². The number of thioether (sulfide) groups is 1. The molecule has 1 fully saturated rings. The van der Waals surface area contributed by atoms with Gasteiger partial charge in [-0.3, -0.25) is 0 Å². The molecule has 0 saturated carbocycles. The highest BCUT2D eigenvalue weighted by atomic mass is 32.2. The maximum Gasteiger partial charge on any atom is 0.0990 e. The highest BCUT2D eigenvalue weighted by Crippen LogP contribution is 2.33. The van der Waals surface area contributed by atoms with E-state index < -0.39 is 0 Å². The Hall–Kier alpha value is -2.11. The minimum absolute atomic E-state index is 0.00897. The first-order chi connectivity index (χ1) is 14.9. The van der Waals surface area contributed by atoms with Crippen LogP contribution in [0.15, 0.2) is 91.0 Å². The van der Waals surface area contributed by atoms with E-state index in [1.807, 2.05) is 66.4 Å². The molecular formula is C26H28O3S. The van der Waals surface area contributed by atoms with Crippen molar-refractivity contribution >= 4 is 11.8 Å². The first-order valence-corrected chi connectivity index (χ1v) is 11.5. The second-order valence-corrected chi connectivity index (χ2v) is 8.74. The molecule has 0 aromatic heterocycles. The molecule has 3 aromatic carbocycles. The molecule has 156 valence electrons. The van der Waals surface area contributed by atoms with Gasteiger partial charge in [0.05, 0.1) is 43.9 Å². The Morgan fingerprint density at radius 3 is 1.70 bits per heavy atom. The third kappa shape index (κ3) is 6.19. The van der Waals surface area contributed by atoms with E-state index in [9.17, 15) is 0 Å². The first kappa shape index (κ1) is 21.1. The summed E-state index contributed by atoms with van der Waals surface area (Å²) in [5, 5.41) is 0.262. The Kier molecular flexibility index (Phi) is 7.98. The molecule has 1 heterocycles. The number of rotatable bonds is 10. The van der Waals surface area contributed by atoms with Crippen molar-refractivity contribution in [1.82, 2.24) is 0 Å². The molecule has 3 atom stereocenters. The lowest BCUT2D eigenvalue weighted by Crippen LogP contribution is -2.36. The molecule has 1 saturated heterocycles. The Morgan fingerprint density at radius 2 is 1.13 bits per heavy atom. The summed E-state index contributed by atoms with van der Waals surface area (Å²) in [6, 6.07) is 30.9. The van der Waals surface area contributed by atoms with Crippen LogP contribution in [0.4, 0.5) is 0 Å². The minimum Gasteiger partial charge on any atom is -0.376 e. The molecule has 4 rings (SSSR count). The fourth-order valence-electron chi connectivity index (χ4n) is 3.56. The van der Waals surface area contributed by atoms with Crippen LogP contribution in [0.5, 0.6) is 0 Å².